The summed E-state index contributed by atoms with van der Waals surface area (Å²) in [6.45, 7) is 8.15. The van der Waals surface area contributed by atoms with E-state index in [9.17, 15) is 5.11 Å². The summed E-state index contributed by atoms with van der Waals surface area (Å²) < 4.78 is 11.1. The lowest BCUT2D eigenvalue weighted by atomic mass is 9.84. The van der Waals surface area contributed by atoms with Gasteiger partial charge in [-0.15, -0.1) is 0 Å². The average Bonchev–Trinajstić information content (AvgIpc) is 3.08. The van der Waals surface area contributed by atoms with Crippen molar-refractivity contribution in [1.82, 2.24) is 15.6 Å². The second-order valence-corrected chi connectivity index (χ2v) is 6.23. The zero-order chi connectivity index (χ0) is 18.0. The number of rotatable bonds is 9. The van der Waals surface area contributed by atoms with Crippen LogP contribution in [0.5, 0.6) is 5.88 Å². The first kappa shape index (κ1) is 19.5. The Morgan fingerprint density at radius 1 is 1.44 bits per heavy atom. The van der Waals surface area contributed by atoms with E-state index in [2.05, 4.69) is 20.6 Å². The number of nitrogens with zero attached hydrogens (tertiary/aromatic N) is 2. The SMILES string of the molecule is CCNC(=NCc1cccnc1OCC)NCC1(CCO)CCOC1. The summed E-state index contributed by atoms with van der Waals surface area (Å²) in [7, 11) is 0. The lowest BCUT2D eigenvalue weighted by Crippen LogP contribution is -2.44. The third-order valence-corrected chi connectivity index (χ3v) is 4.34. The molecule has 0 aliphatic carbocycles. The Hall–Kier alpha value is -1.86. The molecule has 0 bridgehead atoms. The average molecular weight is 350 g/mol. The second kappa shape index (κ2) is 10.2. The Morgan fingerprint density at radius 3 is 3.00 bits per heavy atom. The highest BCUT2D eigenvalue weighted by atomic mass is 16.5. The Labute approximate surface area is 149 Å². The van der Waals surface area contributed by atoms with Crippen LogP contribution in [-0.2, 0) is 11.3 Å². The monoisotopic (exact) mass is 350 g/mol. The molecule has 7 nitrogen and oxygen atoms in total. The van der Waals surface area contributed by atoms with Gasteiger partial charge in [0.2, 0.25) is 5.88 Å². The minimum absolute atomic E-state index is 0.0181. The predicted octanol–water partition coefficient (Wildman–Crippen LogP) is 1.32. The Kier molecular flexibility index (Phi) is 7.94. The molecule has 25 heavy (non-hydrogen) atoms. The fourth-order valence-electron chi connectivity index (χ4n) is 2.90. The zero-order valence-electron chi connectivity index (χ0n) is 15.3. The lowest BCUT2D eigenvalue weighted by molar-refractivity contribution is 0.127. The summed E-state index contributed by atoms with van der Waals surface area (Å²) >= 11 is 0. The highest BCUT2D eigenvalue weighted by Gasteiger charge is 2.34. The largest absolute Gasteiger partial charge is 0.478 e. The van der Waals surface area contributed by atoms with Gasteiger partial charge in [-0.25, -0.2) is 9.98 Å². The van der Waals surface area contributed by atoms with Gasteiger partial charge >= 0.3 is 0 Å². The fraction of sp³-hybridized carbons (Fsp3) is 0.667. The van der Waals surface area contributed by atoms with Crippen molar-refractivity contribution in [2.45, 2.75) is 33.2 Å². The molecule has 1 unspecified atom stereocenters. The first-order valence-electron chi connectivity index (χ1n) is 9.00. The minimum atomic E-state index is -0.0181. The van der Waals surface area contributed by atoms with Crippen LogP contribution in [0.25, 0.3) is 0 Å². The van der Waals surface area contributed by atoms with Crippen molar-refractivity contribution in [3.05, 3.63) is 23.9 Å². The van der Waals surface area contributed by atoms with E-state index in [0.29, 0.717) is 25.6 Å². The zero-order valence-corrected chi connectivity index (χ0v) is 15.3. The van der Waals surface area contributed by atoms with Gasteiger partial charge in [0.1, 0.15) is 0 Å². The smallest absolute Gasteiger partial charge is 0.218 e. The molecule has 0 aromatic carbocycles. The molecule has 3 N–H and O–H groups in total. The van der Waals surface area contributed by atoms with Crippen molar-refractivity contribution >= 4 is 5.96 Å². The second-order valence-electron chi connectivity index (χ2n) is 6.23. The number of guanidine groups is 1. The van der Waals surface area contributed by atoms with Crippen molar-refractivity contribution in [2.75, 3.05) is 39.5 Å². The van der Waals surface area contributed by atoms with Crippen LogP contribution in [0.2, 0.25) is 0 Å². The molecule has 0 amide bonds. The van der Waals surface area contributed by atoms with E-state index < -0.39 is 0 Å². The van der Waals surface area contributed by atoms with Gasteiger partial charge in [0, 0.05) is 43.5 Å². The maximum atomic E-state index is 9.34. The molecule has 1 aliphatic heterocycles. The summed E-state index contributed by atoms with van der Waals surface area (Å²) in [5.74, 6) is 1.38. The van der Waals surface area contributed by atoms with Gasteiger partial charge in [-0.2, -0.15) is 0 Å². The Morgan fingerprint density at radius 2 is 2.32 bits per heavy atom. The van der Waals surface area contributed by atoms with Gasteiger partial charge in [0.05, 0.1) is 19.8 Å². The van der Waals surface area contributed by atoms with Crippen molar-refractivity contribution < 1.29 is 14.6 Å². The molecule has 1 aromatic rings. The van der Waals surface area contributed by atoms with Crippen LogP contribution in [0.1, 0.15) is 32.3 Å². The van der Waals surface area contributed by atoms with Gasteiger partial charge in [0.25, 0.3) is 0 Å². The molecule has 0 radical (unpaired) electrons. The number of aliphatic hydroxyl groups excluding tert-OH is 1. The molecule has 1 saturated heterocycles. The predicted molar refractivity (Wildman–Crippen MR) is 97.8 cm³/mol. The fourth-order valence-corrected chi connectivity index (χ4v) is 2.90. The molecule has 0 spiro atoms. The number of hydrogen-bond donors (Lipinski definition) is 3. The quantitative estimate of drug-likeness (QED) is 0.460. The number of nitrogens with one attached hydrogen (secondary N) is 2. The third-order valence-electron chi connectivity index (χ3n) is 4.34. The standard InChI is InChI=1S/C18H30N4O3/c1-3-19-17(22-13-18(7-10-23)8-11-24-14-18)21-12-15-6-5-9-20-16(15)25-4-2/h5-6,9,23H,3-4,7-8,10-14H2,1-2H3,(H2,19,21,22). The Balaban J connectivity index is 2.00. The third kappa shape index (κ3) is 5.86. The summed E-state index contributed by atoms with van der Waals surface area (Å²) in [4.78, 5) is 8.91. The number of aliphatic imine (C=N–C) groups is 1. The molecular formula is C18H30N4O3. The molecular weight excluding hydrogens is 320 g/mol. The van der Waals surface area contributed by atoms with E-state index in [-0.39, 0.29) is 12.0 Å². The molecule has 1 aromatic heterocycles. The van der Waals surface area contributed by atoms with Crippen LogP contribution in [0, 0.1) is 5.41 Å². The van der Waals surface area contributed by atoms with Gasteiger partial charge in [-0.1, -0.05) is 6.07 Å². The number of hydrogen-bond acceptors (Lipinski definition) is 5. The van der Waals surface area contributed by atoms with E-state index in [1.165, 1.54) is 0 Å². The van der Waals surface area contributed by atoms with Crippen LogP contribution in [-0.4, -0.2) is 55.6 Å². The van der Waals surface area contributed by atoms with Crippen molar-refractivity contribution in [1.29, 1.82) is 0 Å². The van der Waals surface area contributed by atoms with Gasteiger partial charge in [-0.3, -0.25) is 0 Å². The van der Waals surface area contributed by atoms with Gasteiger partial charge in [0.15, 0.2) is 5.96 Å². The van der Waals surface area contributed by atoms with Crippen molar-refractivity contribution in [3.8, 4) is 5.88 Å². The highest BCUT2D eigenvalue weighted by Crippen LogP contribution is 2.31. The van der Waals surface area contributed by atoms with Gasteiger partial charge < -0.3 is 25.2 Å². The normalized spacial score (nSPS) is 20.5. The van der Waals surface area contributed by atoms with Crippen LogP contribution < -0.4 is 15.4 Å². The summed E-state index contributed by atoms with van der Waals surface area (Å²) in [6.07, 6.45) is 3.41. The summed E-state index contributed by atoms with van der Waals surface area (Å²) in [5, 5.41) is 16.0. The number of ether oxygens (including phenoxy) is 2. The lowest BCUT2D eigenvalue weighted by Gasteiger charge is -2.27. The minimum Gasteiger partial charge on any atom is -0.478 e. The van der Waals surface area contributed by atoms with Crippen LogP contribution in [0.4, 0.5) is 0 Å². The van der Waals surface area contributed by atoms with Crippen LogP contribution >= 0.6 is 0 Å². The van der Waals surface area contributed by atoms with Crippen LogP contribution in [0.3, 0.4) is 0 Å². The van der Waals surface area contributed by atoms with Crippen molar-refractivity contribution in [3.63, 3.8) is 0 Å². The van der Waals surface area contributed by atoms with Gasteiger partial charge in [-0.05, 0) is 32.8 Å². The number of pyridine rings is 1. The van der Waals surface area contributed by atoms with Crippen LogP contribution in [0.15, 0.2) is 23.3 Å². The topological polar surface area (TPSA) is 88.0 Å². The molecule has 1 fully saturated rings. The summed E-state index contributed by atoms with van der Waals surface area (Å²) in [5.41, 5.74) is 0.936. The molecule has 0 saturated carbocycles. The van der Waals surface area contributed by atoms with E-state index in [0.717, 1.165) is 44.1 Å². The van der Waals surface area contributed by atoms with Crippen molar-refractivity contribution in [2.24, 2.45) is 10.4 Å². The maximum Gasteiger partial charge on any atom is 0.218 e. The van der Waals surface area contributed by atoms with E-state index in [1.807, 2.05) is 26.0 Å². The number of aromatic nitrogens is 1. The number of aliphatic hydroxyl groups is 1. The Bertz CT molecular complexity index is 545. The molecule has 1 aliphatic rings. The molecule has 140 valence electrons. The maximum absolute atomic E-state index is 9.34. The molecule has 2 heterocycles. The molecule has 2 rings (SSSR count). The summed E-state index contributed by atoms with van der Waals surface area (Å²) in [6, 6.07) is 3.86. The van der Waals surface area contributed by atoms with E-state index >= 15 is 0 Å². The van der Waals surface area contributed by atoms with E-state index in [1.54, 1.807) is 6.20 Å². The molecule has 1 atom stereocenters. The van der Waals surface area contributed by atoms with E-state index in [4.69, 9.17) is 9.47 Å². The first-order valence-corrected chi connectivity index (χ1v) is 9.00. The first-order chi connectivity index (χ1) is 12.2. The highest BCUT2D eigenvalue weighted by molar-refractivity contribution is 5.79. The molecule has 7 heteroatoms.